The molecule has 2 atom stereocenters. The molecule has 2 saturated heterocycles. The molecule has 3 aliphatic heterocycles. The molecule has 9 heteroatoms. The molecule has 2 fully saturated rings. The first-order valence-corrected chi connectivity index (χ1v) is 11.2. The van der Waals surface area contributed by atoms with E-state index >= 15 is 0 Å². The summed E-state index contributed by atoms with van der Waals surface area (Å²) in [6.07, 6.45) is 1.30. The molecule has 3 aliphatic rings. The number of piperazine rings is 2. The Hall–Kier alpha value is -2.76. The Morgan fingerprint density at radius 2 is 2.00 bits per heavy atom. The Balaban J connectivity index is 1.79. The van der Waals surface area contributed by atoms with Crippen LogP contribution in [0.4, 0.5) is 5.82 Å². The number of amides is 2. The average Bonchev–Trinajstić information content (AvgIpc) is 2.92. The van der Waals surface area contributed by atoms with E-state index in [2.05, 4.69) is 42.2 Å². The maximum absolute atomic E-state index is 13.8. The summed E-state index contributed by atoms with van der Waals surface area (Å²) in [5.41, 5.74) is 0.796. The highest BCUT2D eigenvalue weighted by Gasteiger charge is 2.41. The molecule has 4 heterocycles. The highest BCUT2D eigenvalue weighted by Crippen LogP contribution is 2.40. The standard InChI is InChI=1S/C23H28ClN5O3/c1-5-7-17-20(24)21-19(22(25-17)28-10-8-26(4)12-15(28)3)23(31)29-11-9-27(18(30)6-2)13-16(29)14-32-21/h6,15-16H,2,8-14H2,1,3-4H3/t15-,16+/m0/s1. The van der Waals surface area contributed by atoms with Crippen molar-refractivity contribution < 1.29 is 14.3 Å². The molecular formula is C23H28ClN5O3. The molecule has 170 valence electrons. The van der Waals surface area contributed by atoms with Crippen LogP contribution in [0, 0.1) is 11.8 Å². The van der Waals surface area contributed by atoms with Gasteiger partial charge in [0.25, 0.3) is 5.91 Å². The number of carbonyl (C=O) groups excluding carboxylic acids is 2. The maximum atomic E-state index is 13.8. The van der Waals surface area contributed by atoms with Crippen molar-refractivity contribution in [2.24, 2.45) is 0 Å². The van der Waals surface area contributed by atoms with Gasteiger partial charge in [0.15, 0.2) is 5.75 Å². The van der Waals surface area contributed by atoms with Gasteiger partial charge in [-0.15, -0.1) is 0 Å². The number of rotatable bonds is 2. The maximum Gasteiger partial charge on any atom is 0.261 e. The number of hydrogen-bond donors (Lipinski definition) is 0. The summed E-state index contributed by atoms with van der Waals surface area (Å²) >= 11 is 6.65. The Labute approximate surface area is 193 Å². The fraction of sp³-hybridized carbons (Fsp3) is 0.522. The van der Waals surface area contributed by atoms with Crippen molar-refractivity contribution in [3.8, 4) is 17.6 Å². The number of fused-ring (bicyclic) bond motifs is 2. The molecule has 0 saturated carbocycles. The summed E-state index contributed by atoms with van der Waals surface area (Å²) in [4.78, 5) is 38.6. The van der Waals surface area contributed by atoms with Crippen LogP contribution < -0.4 is 9.64 Å². The Morgan fingerprint density at radius 3 is 2.69 bits per heavy atom. The van der Waals surface area contributed by atoms with Gasteiger partial charge in [0.05, 0.1) is 6.04 Å². The van der Waals surface area contributed by atoms with Gasteiger partial charge in [0.1, 0.15) is 28.7 Å². The summed E-state index contributed by atoms with van der Waals surface area (Å²) in [7, 11) is 2.08. The van der Waals surface area contributed by atoms with E-state index in [1.807, 2.05) is 0 Å². The average molecular weight is 458 g/mol. The monoisotopic (exact) mass is 457 g/mol. The van der Waals surface area contributed by atoms with Crippen LogP contribution >= 0.6 is 11.6 Å². The van der Waals surface area contributed by atoms with Gasteiger partial charge in [0.2, 0.25) is 5.91 Å². The molecule has 1 aromatic rings. The minimum Gasteiger partial charge on any atom is -0.489 e. The molecule has 0 aromatic carbocycles. The Kier molecular flexibility index (Phi) is 6.31. The van der Waals surface area contributed by atoms with Crippen molar-refractivity contribution in [3.63, 3.8) is 0 Å². The number of hydrogen-bond acceptors (Lipinski definition) is 6. The topological polar surface area (TPSA) is 69.2 Å². The third kappa shape index (κ3) is 3.91. The minimum absolute atomic E-state index is 0.147. The largest absolute Gasteiger partial charge is 0.489 e. The number of ether oxygens (including phenoxy) is 1. The predicted octanol–water partition coefficient (Wildman–Crippen LogP) is 1.48. The molecule has 1 aromatic heterocycles. The van der Waals surface area contributed by atoms with E-state index in [-0.39, 0.29) is 35.5 Å². The highest BCUT2D eigenvalue weighted by atomic mass is 35.5. The van der Waals surface area contributed by atoms with Crippen LogP contribution in [0.2, 0.25) is 5.02 Å². The first-order valence-electron chi connectivity index (χ1n) is 10.8. The van der Waals surface area contributed by atoms with Gasteiger partial charge in [-0.05, 0) is 32.9 Å². The van der Waals surface area contributed by atoms with Crippen molar-refractivity contribution in [2.75, 3.05) is 57.8 Å². The van der Waals surface area contributed by atoms with Gasteiger partial charge in [-0.1, -0.05) is 24.1 Å². The molecule has 8 nitrogen and oxygen atoms in total. The molecule has 0 aliphatic carbocycles. The summed E-state index contributed by atoms with van der Waals surface area (Å²) in [6.45, 7) is 11.3. The Morgan fingerprint density at radius 1 is 1.25 bits per heavy atom. The predicted molar refractivity (Wildman–Crippen MR) is 123 cm³/mol. The molecule has 0 bridgehead atoms. The third-order valence-corrected chi connectivity index (χ3v) is 6.64. The number of likely N-dealkylation sites (N-methyl/N-ethyl adjacent to an activating group) is 1. The lowest BCUT2D eigenvalue weighted by molar-refractivity contribution is -0.128. The molecule has 32 heavy (non-hydrogen) atoms. The van der Waals surface area contributed by atoms with Crippen LogP contribution in [0.1, 0.15) is 29.9 Å². The van der Waals surface area contributed by atoms with Gasteiger partial charge in [-0.3, -0.25) is 9.59 Å². The lowest BCUT2D eigenvalue weighted by atomic mass is 10.1. The van der Waals surface area contributed by atoms with E-state index in [0.29, 0.717) is 42.5 Å². The third-order valence-electron chi connectivity index (χ3n) is 6.29. The molecule has 0 N–H and O–H groups in total. The number of anilines is 1. The van der Waals surface area contributed by atoms with Gasteiger partial charge in [-0.2, -0.15) is 0 Å². The first-order chi connectivity index (χ1) is 15.3. The molecule has 4 rings (SSSR count). The zero-order valence-electron chi connectivity index (χ0n) is 18.7. The zero-order valence-corrected chi connectivity index (χ0v) is 19.5. The SMILES string of the molecule is C=CC(=O)N1CCN2C(=O)c3c(N4CCN(C)C[C@@H]4C)nc(C#CC)c(Cl)c3OC[C@H]2C1. The molecule has 0 radical (unpaired) electrons. The number of pyridine rings is 1. The van der Waals surface area contributed by atoms with Crippen molar-refractivity contribution in [1.29, 1.82) is 0 Å². The quantitative estimate of drug-likeness (QED) is 0.495. The summed E-state index contributed by atoms with van der Waals surface area (Å²) in [6, 6.07) is -0.120. The fourth-order valence-corrected chi connectivity index (χ4v) is 4.88. The number of aromatic nitrogens is 1. The van der Waals surface area contributed by atoms with Gasteiger partial charge < -0.3 is 24.3 Å². The molecule has 0 unspecified atom stereocenters. The first kappa shape index (κ1) is 22.4. The fourth-order valence-electron chi connectivity index (χ4n) is 4.64. The van der Waals surface area contributed by atoms with Crippen molar-refractivity contribution in [2.45, 2.75) is 25.9 Å². The lowest BCUT2D eigenvalue weighted by Crippen LogP contribution is -2.57. The van der Waals surface area contributed by atoms with Gasteiger partial charge in [0, 0.05) is 45.3 Å². The summed E-state index contributed by atoms with van der Waals surface area (Å²) < 4.78 is 6.15. The van der Waals surface area contributed by atoms with Crippen LogP contribution in [0.25, 0.3) is 0 Å². The smallest absolute Gasteiger partial charge is 0.261 e. The molecule has 2 amide bonds. The summed E-state index contributed by atoms with van der Waals surface area (Å²) in [5.74, 6) is 6.40. The van der Waals surface area contributed by atoms with E-state index in [9.17, 15) is 9.59 Å². The number of nitrogens with zero attached hydrogens (tertiary/aromatic N) is 5. The van der Waals surface area contributed by atoms with Crippen molar-refractivity contribution in [1.82, 2.24) is 19.7 Å². The second kappa shape index (κ2) is 9.00. The van der Waals surface area contributed by atoms with Crippen LogP contribution in [0.5, 0.6) is 5.75 Å². The zero-order chi connectivity index (χ0) is 23.0. The lowest BCUT2D eigenvalue weighted by Gasteiger charge is -2.41. The number of carbonyl (C=O) groups is 2. The van der Waals surface area contributed by atoms with Crippen molar-refractivity contribution in [3.05, 3.63) is 28.9 Å². The molecule has 0 spiro atoms. The van der Waals surface area contributed by atoms with E-state index in [0.717, 1.165) is 19.6 Å². The van der Waals surface area contributed by atoms with Crippen LogP contribution in [0.15, 0.2) is 12.7 Å². The van der Waals surface area contributed by atoms with E-state index in [4.69, 9.17) is 21.3 Å². The second-order valence-electron chi connectivity index (χ2n) is 8.43. The highest BCUT2D eigenvalue weighted by molar-refractivity contribution is 6.34. The van der Waals surface area contributed by atoms with E-state index in [1.165, 1.54) is 6.08 Å². The molecular weight excluding hydrogens is 430 g/mol. The van der Waals surface area contributed by atoms with E-state index < -0.39 is 0 Å². The van der Waals surface area contributed by atoms with E-state index in [1.54, 1.807) is 16.7 Å². The van der Waals surface area contributed by atoms with Crippen molar-refractivity contribution >= 4 is 29.2 Å². The Bertz CT molecular complexity index is 1020. The van der Waals surface area contributed by atoms with Gasteiger partial charge >= 0.3 is 0 Å². The normalized spacial score (nSPS) is 23.4. The van der Waals surface area contributed by atoms with Crippen LogP contribution in [-0.2, 0) is 4.79 Å². The van der Waals surface area contributed by atoms with Crippen LogP contribution in [0.3, 0.4) is 0 Å². The minimum atomic E-state index is -0.276. The summed E-state index contributed by atoms with van der Waals surface area (Å²) in [5, 5.41) is 0.257. The number of halogens is 1. The second-order valence-corrected chi connectivity index (χ2v) is 8.81. The van der Waals surface area contributed by atoms with Gasteiger partial charge in [-0.25, -0.2) is 4.98 Å². The van der Waals surface area contributed by atoms with Crippen LogP contribution in [-0.4, -0.2) is 96.5 Å².